The molecule has 0 saturated carbocycles. The highest BCUT2D eigenvalue weighted by Gasteiger charge is 2.41. The predicted octanol–water partition coefficient (Wildman–Crippen LogP) is 2.78. The zero-order chi connectivity index (χ0) is 22.5. The lowest BCUT2D eigenvalue weighted by atomic mass is 10.1. The highest BCUT2D eigenvalue weighted by Crippen LogP contribution is 2.41. The van der Waals surface area contributed by atoms with Gasteiger partial charge in [0.2, 0.25) is 5.91 Å². The minimum absolute atomic E-state index is 0.0644. The molecule has 0 bridgehead atoms. The number of hydrazine groups is 1. The summed E-state index contributed by atoms with van der Waals surface area (Å²) in [6.45, 7) is 4.13. The number of nitrogens with zero attached hydrogens (tertiary/aromatic N) is 3. The third-order valence-corrected chi connectivity index (χ3v) is 6.56. The van der Waals surface area contributed by atoms with Crippen LogP contribution in [0.5, 0.6) is 0 Å². The number of thioether (sulfide) groups is 1. The van der Waals surface area contributed by atoms with Crippen LogP contribution in [0.1, 0.15) is 11.1 Å². The van der Waals surface area contributed by atoms with E-state index in [0.717, 1.165) is 11.1 Å². The molecule has 164 valence electrons. The van der Waals surface area contributed by atoms with E-state index < -0.39 is 11.2 Å². The molecule has 4 rings (SSSR count). The maximum Gasteiger partial charge on any atom is 0.278 e. The minimum Gasteiger partial charge on any atom is -0.379 e. The van der Waals surface area contributed by atoms with Gasteiger partial charge in [-0.05, 0) is 31.0 Å². The van der Waals surface area contributed by atoms with E-state index in [9.17, 15) is 14.9 Å². The summed E-state index contributed by atoms with van der Waals surface area (Å²) in [7, 11) is 0. The molecule has 2 aromatic carbocycles. The van der Waals surface area contributed by atoms with Gasteiger partial charge in [-0.15, -0.1) is 0 Å². The van der Waals surface area contributed by atoms with Crippen LogP contribution in [0.2, 0.25) is 0 Å². The van der Waals surface area contributed by atoms with Crippen molar-refractivity contribution in [2.45, 2.75) is 18.6 Å². The number of carbonyl (C=O) groups is 2. The Hall–Kier alpha value is -3.12. The third-order valence-electron chi connectivity index (χ3n) is 5.29. The van der Waals surface area contributed by atoms with E-state index in [-0.39, 0.29) is 11.5 Å². The Morgan fingerprint density at radius 2 is 1.94 bits per heavy atom. The second-order valence-electron chi connectivity index (χ2n) is 7.64. The number of para-hydroxylation sites is 1. The van der Waals surface area contributed by atoms with E-state index in [4.69, 9.17) is 4.74 Å². The van der Waals surface area contributed by atoms with Gasteiger partial charge in [0.05, 0.1) is 18.5 Å². The number of rotatable bonds is 5. The van der Waals surface area contributed by atoms with Gasteiger partial charge < -0.3 is 4.74 Å². The van der Waals surface area contributed by atoms with Crippen molar-refractivity contribution in [2.75, 3.05) is 31.2 Å². The Kier molecular flexibility index (Phi) is 6.90. The van der Waals surface area contributed by atoms with E-state index in [2.05, 4.69) is 11.5 Å². The molecule has 0 unspecified atom stereocenters. The quantitative estimate of drug-likeness (QED) is 0.559. The largest absolute Gasteiger partial charge is 0.379 e. The predicted molar refractivity (Wildman–Crippen MR) is 123 cm³/mol. The van der Waals surface area contributed by atoms with Gasteiger partial charge in [-0.3, -0.25) is 19.9 Å². The van der Waals surface area contributed by atoms with E-state index in [0.29, 0.717) is 43.4 Å². The van der Waals surface area contributed by atoms with E-state index in [1.54, 1.807) is 5.01 Å². The van der Waals surface area contributed by atoms with Crippen molar-refractivity contribution >= 4 is 29.3 Å². The molecule has 32 heavy (non-hydrogen) atoms. The summed E-state index contributed by atoms with van der Waals surface area (Å²) in [5.74, 6) is -0.647. The van der Waals surface area contributed by atoms with E-state index in [1.165, 1.54) is 16.7 Å². The molecule has 2 aliphatic rings. The van der Waals surface area contributed by atoms with Crippen LogP contribution in [0.15, 0.2) is 65.2 Å². The van der Waals surface area contributed by atoms with Crippen LogP contribution in [0.4, 0.5) is 5.69 Å². The Bertz CT molecular complexity index is 1070. The first-order valence-electron chi connectivity index (χ1n) is 10.5. The van der Waals surface area contributed by atoms with Crippen molar-refractivity contribution < 1.29 is 14.3 Å². The molecule has 0 aliphatic carbocycles. The van der Waals surface area contributed by atoms with Crippen LogP contribution >= 0.6 is 11.8 Å². The van der Waals surface area contributed by atoms with Crippen molar-refractivity contribution in [3.05, 3.63) is 76.3 Å². The molecule has 2 aromatic rings. The number of aryl methyl sites for hydroxylation is 1. The molecule has 1 N–H and O–H groups in total. The molecular formula is C24H24N4O3S. The van der Waals surface area contributed by atoms with Crippen LogP contribution in [0, 0.1) is 18.3 Å². The van der Waals surface area contributed by atoms with Crippen LogP contribution < -0.4 is 10.3 Å². The van der Waals surface area contributed by atoms with Gasteiger partial charge in [0.15, 0.2) is 0 Å². The number of ether oxygens (including phenoxy) is 1. The average Bonchev–Trinajstić information content (AvgIpc) is 3.11. The summed E-state index contributed by atoms with van der Waals surface area (Å²) in [4.78, 5) is 27.9. The standard InChI is InChI=1S/C24H24N4O3S/c1-17-6-5-7-18(14-17)15-21-23(30)28(19-8-3-2-4-9-19)24(32-21)20(16-25)22(29)26-27-10-12-31-13-11-27/h2-9,14,21H,10-13,15H2,1H3,(H,26,29)/b24-20+/t21-/m0/s1. The average molecular weight is 449 g/mol. The first kappa shape index (κ1) is 22.1. The van der Waals surface area contributed by atoms with Gasteiger partial charge in [0.25, 0.3) is 5.91 Å². The topological polar surface area (TPSA) is 85.7 Å². The highest BCUT2D eigenvalue weighted by atomic mass is 32.2. The van der Waals surface area contributed by atoms with Gasteiger partial charge in [0.1, 0.15) is 16.7 Å². The summed E-state index contributed by atoms with van der Waals surface area (Å²) in [5.41, 5.74) is 5.53. The summed E-state index contributed by atoms with van der Waals surface area (Å²) in [5, 5.41) is 11.6. The van der Waals surface area contributed by atoms with Crippen LogP contribution in [0.25, 0.3) is 0 Å². The second kappa shape index (κ2) is 10.0. The molecule has 2 aliphatic heterocycles. The molecule has 1 atom stereocenters. The Balaban J connectivity index is 1.67. The molecule has 0 aromatic heterocycles. The molecule has 2 heterocycles. The van der Waals surface area contributed by atoms with Gasteiger partial charge in [-0.1, -0.05) is 59.8 Å². The maximum absolute atomic E-state index is 13.4. The van der Waals surface area contributed by atoms with Crippen molar-refractivity contribution in [2.24, 2.45) is 0 Å². The molecular weight excluding hydrogens is 424 g/mol. The van der Waals surface area contributed by atoms with Crippen LogP contribution in [-0.4, -0.2) is 48.4 Å². The van der Waals surface area contributed by atoms with Crippen molar-refractivity contribution in [1.82, 2.24) is 10.4 Å². The van der Waals surface area contributed by atoms with Crippen molar-refractivity contribution in [1.29, 1.82) is 5.26 Å². The smallest absolute Gasteiger partial charge is 0.278 e. The van der Waals surface area contributed by atoms with Gasteiger partial charge >= 0.3 is 0 Å². The molecule has 0 radical (unpaired) electrons. The number of carbonyl (C=O) groups excluding carboxylic acids is 2. The zero-order valence-electron chi connectivity index (χ0n) is 17.8. The molecule has 2 fully saturated rings. The molecule has 2 saturated heterocycles. The van der Waals surface area contributed by atoms with Crippen molar-refractivity contribution in [3.8, 4) is 6.07 Å². The van der Waals surface area contributed by atoms with E-state index in [1.807, 2.05) is 61.5 Å². The molecule has 7 nitrogen and oxygen atoms in total. The van der Waals surface area contributed by atoms with Crippen LogP contribution in [-0.2, 0) is 20.7 Å². The van der Waals surface area contributed by atoms with Gasteiger partial charge in [-0.2, -0.15) is 5.26 Å². The lowest BCUT2D eigenvalue weighted by Gasteiger charge is -2.27. The Labute approximate surface area is 191 Å². The molecule has 8 heteroatoms. The fraction of sp³-hybridized carbons (Fsp3) is 0.292. The highest BCUT2D eigenvalue weighted by molar-refractivity contribution is 8.05. The first-order chi connectivity index (χ1) is 15.6. The lowest BCUT2D eigenvalue weighted by molar-refractivity contribution is -0.123. The summed E-state index contributed by atoms with van der Waals surface area (Å²) < 4.78 is 5.31. The second-order valence-corrected chi connectivity index (χ2v) is 8.83. The van der Waals surface area contributed by atoms with Crippen molar-refractivity contribution in [3.63, 3.8) is 0 Å². The van der Waals surface area contributed by atoms with Crippen LogP contribution in [0.3, 0.4) is 0 Å². The summed E-state index contributed by atoms with van der Waals surface area (Å²) in [6.07, 6.45) is 0.516. The monoisotopic (exact) mass is 448 g/mol. The molecule has 0 spiro atoms. The Morgan fingerprint density at radius 1 is 1.19 bits per heavy atom. The Morgan fingerprint density at radius 3 is 2.62 bits per heavy atom. The number of hydrogen-bond donors (Lipinski definition) is 1. The number of nitrogens with one attached hydrogen (secondary N) is 1. The fourth-order valence-corrected chi connectivity index (χ4v) is 5.04. The zero-order valence-corrected chi connectivity index (χ0v) is 18.6. The number of anilines is 1. The summed E-state index contributed by atoms with van der Waals surface area (Å²) >= 11 is 1.27. The maximum atomic E-state index is 13.4. The van der Waals surface area contributed by atoms with Gasteiger partial charge in [0, 0.05) is 18.8 Å². The summed E-state index contributed by atoms with van der Waals surface area (Å²) in [6, 6.07) is 19.2. The third kappa shape index (κ3) is 4.86. The fourth-order valence-electron chi connectivity index (χ4n) is 3.73. The van der Waals surface area contributed by atoms with Gasteiger partial charge in [-0.25, -0.2) is 5.01 Å². The van der Waals surface area contributed by atoms with E-state index >= 15 is 0 Å². The minimum atomic E-state index is -0.512. The lowest BCUT2D eigenvalue weighted by Crippen LogP contribution is -2.49. The number of nitriles is 1. The normalized spacial score (nSPS) is 20.7. The number of morpholine rings is 1. The SMILES string of the molecule is Cc1cccc(C[C@@H]2S/C(=C(\C#N)C(=O)NN3CCOCC3)N(c3ccccc3)C2=O)c1. The number of amides is 2. The number of benzene rings is 2. The number of hydrogen-bond acceptors (Lipinski definition) is 6. The first-order valence-corrected chi connectivity index (χ1v) is 11.3. The molecule has 2 amide bonds.